The van der Waals surface area contributed by atoms with Gasteiger partial charge in [-0.05, 0) is 31.0 Å². The fourth-order valence-corrected chi connectivity index (χ4v) is 2.44. The minimum Gasteiger partial charge on any atom is -0.480 e. The van der Waals surface area contributed by atoms with Gasteiger partial charge in [0.15, 0.2) is 0 Å². The van der Waals surface area contributed by atoms with E-state index >= 15 is 0 Å². The first-order valence-corrected chi connectivity index (χ1v) is 6.29. The molecule has 1 aliphatic heterocycles. The molecular formula is C12H11BrFNO3. The summed E-state index contributed by atoms with van der Waals surface area (Å²) in [7, 11) is 0. The normalized spacial score (nSPS) is 19.0. The van der Waals surface area contributed by atoms with E-state index in [9.17, 15) is 14.0 Å². The van der Waals surface area contributed by atoms with Crippen LogP contribution in [0.1, 0.15) is 23.2 Å². The number of carbonyl (C=O) groups is 2. The number of hydrogen-bond donors (Lipinski definition) is 1. The molecule has 0 radical (unpaired) electrons. The van der Waals surface area contributed by atoms with Crippen LogP contribution >= 0.6 is 15.9 Å². The maximum atomic E-state index is 13.6. The first-order valence-electron chi connectivity index (χ1n) is 5.49. The molecule has 1 amide bonds. The lowest BCUT2D eigenvalue weighted by Gasteiger charge is -2.21. The van der Waals surface area contributed by atoms with E-state index in [-0.39, 0.29) is 5.56 Å². The quantitative estimate of drug-likeness (QED) is 0.911. The highest BCUT2D eigenvalue weighted by molar-refractivity contribution is 9.10. The Kier molecular flexibility index (Phi) is 3.65. The molecule has 0 saturated carbocycles. The van der Waals surface area contributed by atoms with Crippen LogP contribution in [-0.4, -0.2) is 34.5 Å². The lowest BCUT2D eigenvalue weighted by Crippen LogP contribution is -2.40. The van der Waals surface area contributed by atoms with Gasteiger partial charge in [0.05, 0.1) is 5.56 Å². The number of carbonyl (C=O) groups excluding carboxylic acids is 1. The van der Waals surface area contributed by atoms with Gasteiger partial charge >= 0.3 is 5.97 Å². The highest BCUT2D eigenvalue weighted by atomic mass is 79.9. The van der Waals surface area contributed by atoms with Gasteiger partial charge in [0, 0.05) is 11.0 Å². The molecule has 1 N–H and O–H groups in total. The summed E-state index contributed by atoms with van der Waals surface area (Å²) >= 11 is 3.16. The molecule has 1 heterocycles. The van der Waals surface area contributed by atoms with E-state index in [0.29, 0.717) is 23.9 Å². The van der Waals surface area contributed by atoms with Crippen molar-refractivity contribution < 1.29 is 19.1 Å². The van der Waals surface area contributed by atoms with Crippen LogP contribution in [0.25, 0.3) is 0 Å². The molecule has 1 aromatic carbocycles. The van der Waals surface area contributed by atoms with Crippen LogP contribution in [0, 0.1) is 5.82 Å². The molecule has 0 bridgehead atoms. The number of nitrogens with zero attached hydrogens (tertiary/aromatic N) is 1. The maximum absolute atomic E-state index is 13.6. The maximum Gasteiger partial charge on any atom is 0.326 e. The second kappa shape index (κ2) is 5.06. The van der Waals surface area contributed by atoms with E-state index in [0.717, 1.165) is 0 Å². The Morgan fingerprint density at radius 1 is 1.44 bits per heavy atom. The highest BCUT2D eigenvalue weighted by Gasteiger charge is 2.35. The largest absolute Gasteiger partial charge is 0.480 e. The summed E-state index contributed by atoms with van der Waals surface area (Å²) < 4.78 is 14.2. The van der Waals surface area contributed by atoms with Crippen LogP contribution in [0.2, 0.25) is 0 Å². The van der Waals surface area contributed by atoms with Crippen molar-refractivity contribution in [2.45, 2.75) is 18.9 Å². The van der Waals surface area contributed by atoms with Crippen molar-refractivity contribution in [1.82, 2.24) is 4.90 Å². The third-order valence-corrected chi connectivity index (χ3v) is 3.45. The van der Waals surface area contributed by atoms with Crippen LogP contribution in [0.3, 0.4) is 0 Å². The number of amides is 1. The van der Waals surface area contributed by atoms with Gasteiger partial charge in [-0.15, -0.1) is 0 Å². The molecule has 96 valence electrons. The van der Waals surface area contributed by atoms with E-state index in [2.05, 4.69) is 15.9 Å². The number of benzene rings is 1. The Balaban J connectivity index is 2.31. The van der Waals surface area contributed by atoms with Crippen molar-refractivity contribution in [3.8, 4) is 0 Å². The van der Waals surface area contributed by atoms with Gasteiger partial charge in [0.2, 0.25) is 0 Å². The third kappa shape index (κ3) is 2.38. The topological polar surface area (TPSA) is 57.6 Å². The molecule has 0 aromatic heterocycles. The zero-order valence-electron chi connectivity index (χ0n) is 9.40. The van der Waals surface area contributed by atoms with Crippen molar-refractivity contribution in [1.29, 1.82) is 0 Å². The third-order valence-electron chi connectivity index (χ3n) is 2.96. The standard InChI is InChI=1S/C12H11BrFNO3/c13-7-3-4-9(14)8(6-7)11(16)15-5-1-2-10(15)12(17)18/h3-4,6,10H,1-2,5H2,(H,17,18)/t10-/m0/s1. The second-order valence-corrected chi connectivity index (χ2v) is 5.03. The van der Waals surface area contributed by atoms with Crippen LogP contribution in [-0.2, 0) is 4.79 Å². The first kappa shape index (κ1) is 13.0. The lowest BCUT2D eigenvalue weighted by atomic mass is 10.1. The van der Waals surface area contributed by atoms with Crippen molar-refractivity contribution in [3.05, 3.63) is 34.1 Å². The Labute approximate surface area is 112 Å². The summed E-state index contributed by atoms with van der Waals surface area (Å²) in [5, 5.41) is 9.01. The predicted molar refractivity (Wildman–Crippen MR) is 65.8 cm³/mol. The zero-order valence-corrected chi connectivity index (χ0v) is 11.0. The van der Waals surface area contributed by atoms with Crippen molar-refractivity contribution in [2.24, 2.45) is 0 Å². The number of hydrogen-bond acceptors (Lipinski definition) is 2. The van der Waals surface area contributed by atoms with Crippen molar-refractivity contribution >= 4 is 27.8 Å². The van der Waals surface area contributed by atoms with Crippen LogP contribution in [0.5, 0.6) is 0 Å². The molecule has 1 atom stereocenters. The van der Waals surface area contributed by atoms with Crippen molar-refractivity contribution in [2.75, 3.05) is 6.54 Å². The molecule has 6 heteroatoms. The smallest absolute Gasteiger partial charge is 0.326 e. The molecule has 1 saturated heterocycles. The molecule has 0 spiro atoms. The fourth-order valence-electron chi connectivity index (χ4n) is 2.08. The molecule has 2 rings (SSSR count). The zero-order chi connectivity index (χ0) is 13.3. The molecular weight excluding hydrogens is 305 g/mol. The van der Waals surface area contributed by atoms with Gasteiger partial charge in [-0.3, -0.25) is 4.79 Å². The van der Waals surface area contributed by atoms with E-state index < -0.39 is 23.7 Å². The molecule has 0 aliphatic carbocycles. The summed E-state index contributed by atoms with van der Waals surface area (Å²) in [6.45, 7) is 0.349. The average molecular weight is 316 g/mol. The van der Waals surface area contributed by atoms with Gasteiger partial charge < -0.3 is 10.0 Å². The summed E-state index contributed by atoms with van der Waals surface area (Å²) in [5.41, 5.74) is -0.0995. The number of likely N-dealkylation sites (tertiary alicyclic amines) is 1. The Bertz CT molecular complexity index is 506. The fraction of sp³-hybridized carbons (Fsp3) is 0.333. The minimum absolute atomic E-state index is 0.0995. The summed E-state index contributed by atoms with van der Waals surface area (Å²) in [6.07, 6.45) is 1.04. The SMILES string of the molecule is O=C(O)[C@@H]1CCCN1C(=O)c1cc(Br)ccc1F. The molecule has 4 nitrogen and oxygen atoms in total. The van der Waals surface area contributed by atoms with Gasteiger partial charge in [0.25, 0.3) is 5.91 Å². The number of rotatable bonds is 2. The minimum atomic E-state index is -1.05. The summed E-state index contributed by atoms with van der Waals surface area (Å²) in [4.78, 5) is 24.4. The van der Waals surface area contributed by atoms with E-state index in [4.69, 9.17) is 5.11 Å². The number of carboxylic acid groups (broad SMARTS) is 1. The number of aliphatic carboxylic acids is 1. The Morgan fingerprint density at radius 2 is 2.17 bits per heavy atom. The predicted octanol–water partition coefficient (Wildman–Crippen LogP) is 2.28. The van der Waals surface area contributed by atoms with Gasteiger partial charge in [-0.25, -0.2) is 9.18 Å². The Hall–Kier alpha value is -1.43. The molecule has 18 heavy (non-hydrogen) atoms. The molecule has 1 aliphatic rings. The average Bonchev–Trinajstić information content (AvgIpc) is 2.80. The second-order valence-electron chi connectivity index (χ2n) is 4.12. The van der Waals surface area contributed by atoms with Gasteiger partial charge in [-0.2, -0.15) is 0 Å². The Morgan fingerprint density at radius 3 is 2.83 bits per heavy atom. The van der Waals surface area contributed by atoms with Crippen LogP contribution < -0.4 is 0 Å². The van der Waals surface area contributed by atoms with E-state index in [1.54, 1.807) is 0 Å². The molecule has 0 unspecified atom stereocenters. The van der Waals surface area contributed by atoms with Crippen LogP contribution in [0.4, 0.5) is 4.39 Å². The lowest BCUT2D eigenvalue weighted by molar-refractivity contribution is -0.141. The van der Waals surface area contributed by atoms with Crippen molar-refractivity contribution in [3.63, 3.8) is 0 Å². The monoisotopic (exact) mass is 315 g/mol. The summed E-state index contributed by atoms with van der Waals surface area (Å²) in [5.74, 6) is -2.26. The van der Waals surface area contributed by atoms with E-state index in [1.165, 1.54) is 23.1 Å². The first-order chi connectivity index (χ1) is 8.50. The molecule has 1 fully saturated rings. The number of halogens is 2. The highest BCUT2D eigenvalue weighted by Crippen LogP contribution is 2.23. The summed E-state index contributed by atoms with van der Waals surface area (Å²) in [6, 6.07) is 3.19. The molecule has 1 aromatic rings. The number of carboxylic acids is 1. The van der Waals surface area contributed by atoms with E-state index in [1.807, 2.05) is 0 Å². The van der Waals surface area contributed by atoms with Gasteiger partial charge in [-0.1, -0.05) is 15.9 Å². The van der Waals surface area contributed by atoms with Gasteiger partial charge in [0.1, 0.15) is 11.9 Å². The van der Waals surface area contributed by atoms with Crippen LogP contribution in [0.15, 0.2) is 22.7 Å².